The third-order valence-corrected chi connectivity index (χ3v) is 5.31. The number of ether oxygens (including phenoxy) is 1. The minimum absolute atomic E-state index is 0.133. The number of likely N-dealkylation sites (tertiary alicyclic amines) is 1. The quantitative estimate of drug-likeness (QED) is 0.884. The number of methoxy groups -OCH3 is 1. The van der Waals surface area contributed by atoms with Crippen LogP contribution >= 0.6 is 0 Å². The van der Waals surface area contributed by atoms with Crippen LogP contribution in [0.3, 0.4) is 0 Å². The predicted molar refractivity (Wildman–Crippen MR) is 99.5 cm³/mol. The Kier molecular flexibility index (Phi) is 4.35. The van der Waals surface area contributed by atoms with Crippen molar-refractivity contribution in [3.8, 4) is 5.75 Å². The fraction of sp³-hybridized carbons (Fsp3) is 0.381. The summed E-state index contributed by atoms with van der Waals surface area (Å²) in [5, 5.41) is 3.37. The molecule has 1 amide bonds. The number of hydrogen-bond acceptors (Lipinski definition) is 3. The molecule has 1 aliphatic heterocycles. The van der Waals surface area contributed by atoms with Gasteiger partial charge in [-0.15, -0.1) is 0 Å². The first-order chi connectivity index (χ1) is 12.2. The fourth-order valence-corrected chi connectivity index (χ4v) is 3.73. The van der Waals surface area contributed by atoms with Crippen molar-refractivity contribution in [3.05, 3.63) is 54.1 Å². The molecular weight excluding hydrogens is 312 g/mol. The zero-order chi connectivity index (χ0) is 17.2. The maximum Gasteiger partial charge on any atom is 0.255 e. The molecule has 2 fully saturated rings. The molecule has 2 aliphatic rings. The second-order valence-corrected chi connectivity index (χ2v) is 7.04. The number of para-hydroxylation sites is 1. The number of carbonyl (C=O) groups excluding carboxylic acids is 1. The number of amides is 1. The standard InChI is InChI=1S/C21H24N2O2/c1-25-18-6-4-5-17(13-18)22-20-8-3-2-7-19(20)21(24)23-12-11-16(14-23)15-9-10-15/h2-8,13,15-16,22H,9-12,14H2,1H3. The molecule has 1 atom stereocenters. The minimum Gasteiger partial charge on any atom is -0.497 e. The summed E-state index contributed by atoms with van der Waals surface area (Å²) >= 11 is 0. The molecule has 130 valence electrons. The van der Waals surface area contributed by atoms with Gasteiger partial charge >= 0.3 is 0 Å². The lowest BCUT2D eigenvalue weighted by atomic mass is 10.0. The van der Waals surface area contributed by atoms with E-state index in [2.05, 4.69) is 5.32 Å². The third-order valence-electron chi connectivity index (χ3n) is 5.31. The van der Waals surface area contributed by atoms with Gasteiger partial charge in [-0.1, -0.05) is 18.2 Å². The zero-order valence-electron chi connectivity index (χ0n) is 14.6. The Balaban J connectivity index is 1.53. The molecule has 1 saturated carbocycles. The molecule has 1 saturated heterocycles. The van der Waals surface area contributed by atoms with Gasteiger partial charge in [0, 0.05) is 24.8 Å². The summed E-state index contributed by atoms with van der Waals surface area (Å²) in [6.45, 7) is 1.80. The van der Waals surface area contributed by atoms with Gasteiger partial charge in [0.2, 0.25) is 0 Å². The predicted octanol–water partition coefficient (Wildman–Crippen LogP) is 4.31. The van der Waals surface area contributed by atoms with Crippen LogP contribution in [-0.2, 0) is 0 Å². The average molecular weight is 336 g/mol. The lowest BCUT2D eigenvalue weighted by molar-refractivity contribution is 0.0787. The van der Waals surface area contributed by atoms with E-state index < -0.39 is 0 Å². The average Bonchev–Trinajstić information content (AvgIpc) is 3.39. The number of carbonyl (C=O) groups is 1. The van der Waals surface area contributed by atoms with Crippen molar-refractivity contribution in [3.63, 3.8) is 0 Å². The van der Waals surface area contributed by atoms with Gasteiger partial charge in [0.1, 0.15) is 5.75 Å². The number of hydrogen-bond donors (Lipinski definition) is 1. The van der Waals surface area contributed by atoms with Gasteiger partial charge in [0.05, 0.1) is 18.4 Å². The van der Waals surface area contributed by atoms with Crippen molar-refractivity contribution in [1.29, 1.82) is 0 Å². The number of rotatable bonds is 5. The van der Waals surface area contributed by atoms with Crippen LogP contribution in [0.5, 0.6) is 5.75 Å². The van der Waals surface area contributed by atoms with Crippen molar-refractivity contribution < 1.29 is 9.53 Å². The Morgan fingerprint density at radius 3 is 2.72 bits per heavy atom. The molecule has 1 aliphatic carbocycles. The second-order valence-electron chi connectivity index (χ2n) is 7.04. The molecule has 2 aromatic rings. The van der Waals surface area contributed by atoms with Gasteiger partial charge < -0.3 is 15.0 Å². The first kappa shape index (κ1) is 16.0. The molecule has 4 nitrogen and oxygen atoms in total. The van der Waals surface area contributed by atoms with Crippen molar-refractivity contribution in [2.75, 3.05) is 25.5 Å². The highest BCUT2D eigenvalue weighted by Crippen LogP contribution is 2.41. The molecule has 4 rings (SSSR count). The summed E-state index contributed by atoms with van der Waals surface area (Å²) < 4.78 is 5.28. The van der Waals surface area contributed by atoms with Crippen LogP contribution in [0, 0.1) is 11.8 Å². The van der Waals surface area contributed by atoms with Crippen LogP contribution in [-0.4, -0.2) is 31.0 Å². The number of anilines is 2. The highest BCUT2D eigenvalue weighted by atomic mass is 16.5. The number of benzene rings is 2. The van der Waals surface area contributed by atoms with Gasteiger partial charge in [0.15, 0.2) is 0 Å². The van der Waals surface area contributed by atoms with Crippen LogP contribution in [0.15, 0.2) is 48.5 Å². The third kappa shape index (κ3) is 3.48. The summed E-state index contributed by atoms with van der Waals surface area (Å²) in [5.41, 5.74) is 2.49. The van der Waals surface area contributed by atoms with E-state index in [0.29, 0.717) is 5.92 Å². The monoisotopic (exact) mass is 336 g/mol. The molecular formula is C21H24N2O2. The lowest BCUT2D eigenvalue weighted by Crippen LogP contribution is -2.29. The molecule has 4 heteroatoms. The number of nitrogens with zero attached hydrogens (tertiary/aromatic N) is 1. The Labute approximate surface area is 148 Å². The molecule has 0 radical (unpaired) electrons. The zero-order valence-corrected chi connectivity index (χ0v) is 14.6. The maximum absolute atomic E-state index is 13.0. The van der Waals surface area contributed by atoms with E-state index in [1.807, 2.05) is 53.4 Å². The highest BCUT2D eigenvalue weighted by Gasteiger charge is 2.37. The van der Waals surface area contributed by atoms with E-state index >= 15 is 0 Å². The Hall–Kier alpha value is -2.49. The molecule has 0 aromatic heterocycles. The summed E-state index contributed by atoms with van der Waals surface area (Å²) in [4.78, 5) is 15.1. The second kappa shape index (κ2) is 6.79. The first-order valence-corrected chi connectivity index (χ1v) is 9.04. The molecule has 0 bridgehead atoms. The normalized spacial score (nSPS) is 19.7. The minimum atomic E-state index is 0.133. The molecule has 2 aromatic carbocycles. The number of nitrogens with one attached hydrogen (secondary N) is 1. The summed E-state index contributed by atoms with van der Waals surface area (Å²) in [6, 6.07) is 15.5. The maximum atomic E-state index is 13.0. The van der Waals surface area contributed by atoms with Crippen molar-refractivity contribution in [2.45, 2.75) is 19.3 Å². The van der Waals surface area contributed by atoms with Gasteiger partial charge in [-0.05, 0) is 55.4 Å². The summed E-state index contributed by atoms with van der Waals surface area (Å²) in [7, 11) is 1.65. The lowest BCUT2D eigenvalue weighted by Gasteiger charge is -2.19. The smallest absolute Gasteiger partial charge is 0.255 e. The van der Waals surface area contributed by atoms with Crippen LogP contribution in [0.4, 0.5) is 11.4 Å². The van der Waals surface area contributed by atoms with Crippen LogP contribution in [0.2, 0.25) is 0 Å². The topological polar surface area (TPSA) is 41.6 Å². The van der Waals surface area contributed by atoms with Crippen molar-refractivity contribution in [1.82, 2.24) is 4.90 Å². The fourth-order valence-electron chi connectivity index (χ4n) is 3.73. The van der Waals surface area contributed by atoms with E-state index in [0.717, 1.165) is 48.1 Å². The Morgan fingerprint density at radius 2 is 1.92 bits per heavy atom. The van der Waals surface area contributed by atoms with Crippen LogP contribution in [0.1, 0.15) is 29.6 Å². The van der Waals surface area contributed by atoms with E-state index in [4.69, 9.17) is 4.74 Å². The molecule has 0 spiro atoms. The molecule has 1 heterocycles. The van der Waals surface area contributed by atoms with E-state index in [-0.39, 0.29) is 5.91 Å². The van der Waals surface area contributed by atoms with Crippen LogP contribution < -0.4 is 10.1 Å². The highest BCUT2D eigenvalue weighted by molar-refractivity contribution is 6.00. The molecule has 25 heavy (non-hydrogen) atoms. The largest absolute Gasteiger partial charge is 0.497 e. The van der Waals surface area contributed by atoms with Gasteiger partial charge in [-0.2, -0.15) is 0 Å². The van der Waals surface area contributed by atoms with E-state index in [9.17, 15) is 4.79 Å². The van der Waals surface area contributed by atoms with Gasteiger partial charge in [-0.3, -0.25) is 4.79 Å². The van der Waals surface area contributed by atoms with E-state index in [1.165, 1.54) is 12.8 Å². The summed E-state index contributed by atoms with van der Waals surface area (Å²) in [5.74, 6) is 2.50. The van der Waals surface area contributed by atoms with E-state index in [1.54, 1.807) is 7.11 Å². The Bertz CT molecular complexity index is 770. The van der Waals surface area contributed by atoms with Crippen molar-refractivity contribution in [2.24, 2.45) is 11.8 Å². The van der Waals surface area contributed by atoms with Crippen LogP contribution in [0.25, 0.3) is 0 Å². The van der Waals surface area contributed by atoms with Gasteiger partial charge in [0.25, 0.3) is 5.91 Å². The Morgan fingerprint density at radius 1 is 1.08 bits per heavy atom. The van der Waals surface area contributed by atoms with Crippen molar-refractivity contribution >= 4 is 17.3 Å². The molecule has 1 unspecified atom stereocenters. The van der Waals surface area contributed by atoms with Gasteiger partial charge in [-0.25, -0.2) is 0 Å². The molecule has 1 N–H and O–H groups in total. The first-order valence-electron chi connectivity index (χ1n) is 9.04. The summed E-state index contributed by atoms with van der Waals surface area (Å²) in [6.07, 6.45) is 3.85. The SMILES string of the molecule is COc1cccc(Nc2ccccc2C(=O)N2CCC(C3CC3)C2)c1.